The highest BCUT2D eigenvalue weighted by Crippen LogP contribution is 2.30. The van der Waals surface area contributed by atoms with Crippen molar-refractivity contribution in [2.45, 2.75) is 59.2 Å². The van der Waals surface area contributed by atoms with Crippen LogP contribution in [-0.4, -0.2) is 57.1 Å². The predicted molar refractivity (Wildman–Crippen MR) is 144 cm³/mol. The van der Waals surface area contributed by atoms with Crippen LogP contribution < -0.4 is 14.4 Å². The lowest BCUT2D eigenvalue weighted by molar-refractivity contribution is -0.140. The van der Waals surface area contributed by atoms with Gasteiger partial charge in [-0.2, -0.15) is 0 Å². The molecule has 0 aliphatic carbocycles. The summed E-state index contributed by atoms with van der Waals surface area (Å²) in [5.41, 5.74) is 2.07. The van der Waals surface area contributed by atoms with E-state index < -0.39 is 28.5 Å². The smallest absolute Gasteiger partial charge is 0.244 e. The highest BCUT2D eigenvalue weighted by molar-refractivity contribution is 7.92. The molecule has 36 heavy (non-hydrogen) atoms. The van der Waals surface area contributed by atoms with Gasteiger partial charge in [0.15, 0.2) is 0 Å². The van der Waals surface area contributed by atoms with Crippen molar-refractivity contribution in [3.63, 3.8) is 0 Å². The van der Waals surface area contributed by atoms with E-state index in [9.17, 15) is 18.0 Å². The second-order valence-electron chi connectivity index (χ2n) is 8.78. The van der Waals surface area contributed by atoms with Gasteiger partial charge in [0.2, 0.25) is 21.8 Å². The van der Waals surface area contributed by atoms with Crippen molar-refractivity contribution in [3.8, 4) is 5.75 Å². The lowest BCUT2D eigenvalue weighted by Gasteiger charge is -2.33. The van der Waals surface area contributed by atoms with E-state index in [0.717, 1.165) is 28.1 Å². The molecule has 0 saturated heterocycles. The zero-order valence-electron chi connectivity index (χ0n) is 21.7. The second-order valence-corrected chi connectivity index (χ2v) is 11.1. The molecule has 8 nitrogen and oxygen atoms in total. The van der Waals surface area contributed by atoms with Crippen LogP contribution in [0.1, 0.15) is 44.7 Å². The Morgan fingerprint density at radius 1 is 1.11 bits per heavy atom. The summed E-state index contributed by atoms with van der Waals surface area (Å²) in [6.07, 6.45) is 2.14. The van der Waals surface area contributed by atoms with Gasteiger partial charge in [0.1, 0.15) is 18.3 Å². The fourth-order valence-electron chi connectivity index (χ4n) is 3.76. The third-order valence-corrected chi connectivity index (χ3v) is 7.53. The first kappa shape index (κ1) is 29.5. The van der Waals surface area contributed by atoms with E-state index in [1.54, 1.807) is 6.07 Å². The first-order valence-electron chi connectivity index (χ1n) is 11.9. The summed E-state index contributed by atoms with van der Waals surface area (Å²) in [6, 6.07) is 11.3. The number of hydrogen-bond donors (Lipinski definition) is 1. The summed E-state index contributed by atoms with van der Waals surface area (Å²) < 4.78 is 31.6. The molecule has 0 aliphatic rings. The van der Waals surface area contributed by atoms with E-state index in [2.05, 4.69) is 5.32 Å². The molecule has 2 aromatic carbocycles. The maximum Gasteiger partial charge on any atom is 0.244 e. The van der Waals surface area contributed by atoms with Crippen LogP contribution >= 0.6 is 11.6 Å². The van der Waals surface area contributed by atoms with Gasteiger partial charge in [0.25, 0.3) is 0 Å². The first-order valence-corrected chi connectivity index (χ1v) is 14.1. The number of nitrogens with one attached hydrogen (secondary N) is 1. The molecule has 1 N–H and O–H groups in total. The number of anilines is 1. The van der Waals surface area contributed by atoms with E-state index in [1.807, 2.05) is 52.0 Å². The van der Waals surface area contributed by atoms with Crippen molar-refractivity contribution in [1.29, 1.82) is 0 Å². The quantitative estimate of drug-likeness (QED) is 0.439. The molecule has 0 spiro atoms. The summed E-state index contributed by atoms with van der Waals surface area (Å²) in [6.45, 7) is 7.30. The van der Waals surface area contributed by atoms with Gasteiger partial charge in [0.05, 0.1) is 24.1 Å². The number of halogens is 1. The molecule has 2 rings (SSSR count). The summed E-state index contributed by atoms with van der Waals surface area (Å²) in [4.78, 5) is 28.4. The molecule has 0 fully saturated rings. The van der Waals surface area contributed by atoms with Gasteiger partial charge in [-0.05, 0) is 56.0 Å². The van der Waals surface area contributed by atoms with Gasteiger partial charge < -0.3 is 15.0 Å². The minimum Gasteiger partial charge on any atom is -0.495 e. The molecule has 0 aliphatic heterocycles. The number of sulfonamides is 1. The van der Waals surface area contributed by atoms with E-state index >= 15 is 0 Å². The lowest BCUT2D eigenvalue weighted by atomic mass is 10.1. The van der Waals surface area contributed by atoms with Gasteiger partial charge >= 0.3 is 0 Å². The number of carbonyl (C=O) groups is 2. The fourth-order valence-corrected chi connectivity index (χ4v) is 4.85. The lowest BCUT2D eigenvalue weighted by Crippen LogP contribution is -2.53. The van der Waals surface area contributed by atoms with Crippen molar-refractivity contribution in [1.82, 2.24) is 10.2 Å². The van der Waals surface area contributed by atoms with Crippen LogP contribution in [0.25, 0.3) is 0 Å². The molecular weight excluding hydrogens is 502 g/mol. The SMILES string of the molecule is CC[C@H](C)NC(=O)[C@H](CC)N(Cc1ccccc1C)C(=O)CN(c1ccc(OC)c(Cl)c1)S(C)(=O)=O. The Hall–Kier alpha value is -2.78. The molecular formula is C26H36ClN3O5S. The Labute approximate surface area is 219 Å². The molecule has 0 heterocycles. The number of benzene rings is 2. The second kappa shape index (κ2) is 13.0. The Bertz CT molecular complexity index is 1170. The highest BCUT2D eigenvalue weighted by Gasteiger charge is 2.32. The van der Waals surface area contributed by atoms with Gasteiger partial charge in [-0.15, -0.1) is 0 Å². The third kappa shape index (κ3) is 7.61. The Kier molecular flexibility index (Phi) is 10.6. The van der Waals surface area contributed by atoms with Crippen LogP contribution in [0, 0.1) is 6.92 Å². The standard InChI is InChI=1S/C26H36ClN3O5S/c1-7-19(4)28-26(32)23(8-2)29(16-20-12-10-9-11-18(20)3)25(31)17-30(36(6,33)34)21-13-14-24(35-5)22(27)15-21/h9-15,19,23H,7-8,16-17H2,1-6H3,(H,28,32)/t19-,23-/m0/s1. The largest absolute Gasteiger partial charge is 0.495 e. The molecule has 0 aromatic heterocycles. The summed E-state index contributed by atoms with van der Waals surface area (Å²) >= 11 is 6.23. The number of ether oxygens (including phenoxy) is 1. The highest BCUT2D eigenvalue weighted by atomic mass is 35.5. The Morgan fingerprint density at radius 2 is 1.78 bits per heavy atom. The van der Waals surface area contributed by atoms with Gasteiger partial charge in [-0.25, -0.2) is 8.42 Å². The Morgan fingerprint density at radius 3 is 2.31 bits per heavy atom. The molecule has 2 aromatic rings. The summed E-state index contributed by atoms with van der Waals surface area (Å²) in [5, 5.41) is 3.17. The van der Waals surface area contributed by atoms with Crippen LogP contribution in [0.5, 0.6) is 5.75 Å². The van der Waals surface area contributed by atoms with E-state index in [0.29, 0.717) is 12.2 Å². The average Bonchev–Trinajstić information content (AvgIpc) is 2.82. The number of hydrogen-bond acceptors (Lipinski definition) is 5. The van der Waals surface area contributed by atoms with Crippen LogP contribution in [0.15, 0.2) is 42.5 Å². The first-order chi connectivity index (χ1) is 16.9. The zero-order valence-corrected chi connectivity index (χ0v) is 23.3. The average molecular weight is 538 g/mol. The van der Waals surface area contributed by atoms with Crippen molar-refractivity contribution < 1.29 is 22.7 Å². The molecule has 198 valence electrons. The molecule has 0 radical (unpaired) electrons. The topological polar surface area (TPSA) is 96.0 Å². The molecule has 2 atom stereocenters. The maximum absolute atomic E-state index is 13.7. The van der Waals surface area contributed by atoms with Crippen LogP contribution in [0.2, 0.25) is 5.02 Å². The van der Waals surface area contributed by atoms with Crippen molar-refractivity contribution in [2.24, 2.45) is 0 Å². The normalized spacial score (nSPS) is 13.0. The number of rotatable bonds is 12. The number of amides is 2. The van der Waals surface area contributed by atoms with E-state index in [1.165, 1.54) is 24.1 Å². The van der Waals surface area contributed by atoms with Crippen LogP contribution in [0.3, 0.4) is 0 Å². The zero-order chi connectivity index (χ0) is 27.0. The number of aryl methyl sites for hydroxylation is 1. The monoisotopic (exact) mass is 537 g/mol. The molecule has 10 heteroatoms. The molecule has 2 amide bonds. The van der Waals surface area contributed by atoms with Crippen LogP contribution in [-0.2, 0) is 26.2 Å². The van der Waals surface area contributed by atoms with E-state index in [-0.39, 0.29) is 29.2 Å². The molecule has 0 saturated carbocycles. The minimum atomic E-state index is -3.85. The Balaban J connectivity index is 2.48. The van der Waals surface area contributed by atoms with Gasteiger partial charge in [-0.3, -0.25) is 13.9 Å². The predicted octanol–water partition coefficient (Wildman–Crippen LogP) is 4.15. The number of nitrogens with zero attached hydrogens (tertiary/aromatic N) is 2. The van der Waals surface area contributed by atoms with Crippen molar-refractivity contribution >= 4 is 39.1 Å². The van der Waals surface area contributed by atoms with E-state index in [4.69, 9.17) is 16.3 Å². The van der Waals surface area contributed by atoms with Crippen LogP contribution in [0.4, 0.5) is 5.69 Å². The molecule has 0 unspecified atom stereocenters. The van der Waals surface area contributed by atoms with Crippen molar-refractivity contribution in [3.05, 3.63) is 58.6 Å². The van der Waals surface area contributed by atoms with Gasteiger partial charge in [0, 0.05) is 12.6 Å². The number of methoxy groups -OCH3 is 1. The maximum atomic E-state index is 13.7. The summed E-state index contributed by atoms with van der Waals surface area (Å²) in [7, 11) is -2.40. The minimum absolute atomic E-state index is 0.0593. The number of carbonyl (C=O) groups excluding carboxylic acids is 2. The van der Waals surface area contributed by atoms with Crippen molar-refractivity contribution in [2.75, 3.05) is 24.2 Å². The van der Waals surface area contributed by atoms with Gasteiger partial charge in [-0.1, -0.05) is 49.7 Å². The summed E-state index contributed by atoms with van der Waals surface area (Å²) in [5.74, 6) is -0.386. The fraction of sp³-hybridized carbons (Fsp3) is 0.462. The third-order valence-electron chi connectivity index (χ3n) is 6.09. The molecule has 0 bridgehead atoms.